The summed E-state index contributed by atoms with van der Waals surface area (Å²) in [7, 11) is 0. The van der Waals surface area contributed by atoms with Gasteiger partial charge in [0.15, 0.2) is 0 Å². The van der Waals surface area contributed by atoms with Crippen LogP contribution in [0.5, 0.6) is 0 Å². The minimum absolute atomic E-state index is 0. The van der Waals surface area contributed by atoms with Crippen LogP contribution in [-0.4, -0.2) is 35.7 Å². The smallest absolute Gasteiger partial charge is 0.547 e. The van der Waals surface area contributed by atoms with E-state index in [-0.39, 0.29) is 103 Å². The predicted octanol–water partition coefficient (Wildman–Crippen LogP) is -9.65. The van der Waals surface area contributed by atoms with Crippen molar-refractivity contribution >= 4 is 17.9 Å². The van der Waals surface area contributed by atoms with Crippen LogP contribution in [0.1, 0.15) is 6.42 Å². The second-order valence-electron chi connectivity index (χ2n) is 2.03. The fourth-order valence-corrected chi connectivity index (χ4v) is 0.496. The van der Waals surface area contributed by atoms with E-state index >= 15 is 0 Å². The average Bonchev–Trinajstić information content (AvgIpc) is 1.95. The Balaban J connectivity index is -0.000000720. The standard InChI is InChI=1S/C6H8O7.2K/c7-3(8)1-2-13-4(5(9)10)6(11)12;;/h4H,1-2H2,(H,7,8)(H,9,10)(H,11,12);;/q;2*+1/p-2. The van der Waals surface area contributed by atoms with Crippen LogP contribution in [0.3, 0.4) is 0 Å². The summed E-state index contributed by atoms with van der Waals surface area (Å²) in [5.74, 6) is -5.16. The minimum Gasteiger partial charge on any atom is -0.547 e. The molecule has 0 aromatic heterocycles. The quantitative estimate of drug-likeness (QED) is 0.374. The van der Waals surface area contributed by atoms with Gasteiger partial charge in [-0.3, -0.25) is 4.79 Å². The number of ether oxygens (including phenoxy) is 1. The molecule has 0 aromatic carbocycles. The van der Waals surface area contributed by atoms with E-state index in [1.165, 1.54) is 0 Å². The summed E-state index contributed by atoms with van der Waals surface area (Å²) in [5.41, 5.74) is 0. The summed E-state index contributed by atoms with van der Waals surface area (Å²) in [4.78, 5) is 29.9. The van der Waals surface area contributed by atoms with E-state index in [4.69, 9.17) is 5.11 Å². The van der Waals surface area contributed by atoms with Gasteiger partial charge in [0.2, 0.25) is 0 Å². The summed E-state index contributed by atoms with van der Waals surface area (Å²) < 4.78 is 4.17. The first kappa shape index (κ1) is 21.9. The molecule has 0 atom stereocenters. The molecule has 0 saturated heterocycles. The number of hydrogen-bond donors (Lipinski definition) is 1. The second-order valence-corrected chi connectivity index (χ2v) is 2.03. The number of carbonyl (C=O) groups is 3. The van der Waals surface area contributed by atoms with Gasteiger partial charge in [-0.2, -0.15) is 0 Å². The maximum atomic E-state index is 10.0. The zero-order chi connectivity index (χ0) is 10.4. The van der Waals surface area contributed by atoms with E-state index in [2.05, 4.69) is 4.74 Å². The Morgan fingerprint density at radius 2 is 1.53 bits per heavy atom. The second kappa shape index (κ2) is 12.1. The van der Waals surface area contributed by atoms with Crippen molar-refractivity contribution in [2.24, 2.45) is 0 Å². The van der Waals surface area contributed by atoms with Crippen molar-refractivity contribution in [2.45, 2.75) is 12.5 Å². The van der Waals surface area contributed by atoms with Crippen LogP contribution >= 0.6 is 0 Å². The largest absolute Gasteiger partial charge is 1.00 e. The first-order chi connectivity index (χ1) is 5.95. The normalized spacial score (nSPS) is 8.60. The van der Waals surface area contributed by atoms with E-state index in [9.17, 15) is 24.6 Å². The van der Waals surface area contributed by atoms with Crippen molar-refractivity contribution in [3.05, 3.63) is 0 Å². The molecule has 1 N–H and O–H groups in total. The molecule has 0 aliphatic carbocycles. The van der Waals surface area contributed by atoms with Crippen molar-refractivity contribution in [1.82, 2.24) is 0 Å². The first-order valence-electron chi connectivity index (χ1n) is 3.20. The van der Waals surface area contributed by atoms with Gasteiger partial charge in [-0.1, -0.05) is 0 Å². The van der Waals surface area contributed by atoms with Crippen LogP contribution < -0.4 is 113 Å². The topological polar surface area (TPSA) is 127 Å². The summed E-state index contributed by atoms with van der Waals surface area (Å²) in [6.45, 7) is -0.526. The Morgan fingerprint density at radius 3 is 1.80 bits per heavy atom. The van der Waals surface area contributed by atoms with Gasteiger partial charge < -0.3 is 29.6 Å². The van der Waals surface area contributed by atoms with Crippen LogP contribution in [0.25, 0.3) is 0 Å². The predicted molar refractivity (Wildman–Crippen MR) is 32.0 cm³/mol. The van der Waals surface area contributed by atoms with Gasteiger partial charge in [0.05, 0.1) is 25.0 Å². The van der Waals surface area contributed by atoms with Crippen LogP contribution in [0.4, 0.5) is 0 Å². The van der Waals surface area contributed by atoms with Crippen LogP contribution in [0, 0.1) is 0 Å². The van der Waals surface area contributed by atoms with Crippen molar-refractivity contribution in [3.8, 4) is 0 Å². The van der Waals surface area contributed by atoms with Crippen molar-refractivity contribution < 1.29 is 137 Å². The van der Waals surface area contributed by atoms with E-state index < -0.39 is 37.0 Å². The molecule has 0 amide bonds. The number of aliphatic carboxylic acids is 3. The summed E-state index contributed by atoms with van der Waals surface area (Å²) in [5, 5.41) is 28.1. The van der Waals surface area contributed by atoms with Gasteiger partial charge in [-0.15, -0.1) is 0 Å². The Kier molecular flexibility index (Phi) is 17.7. The maximum absolute atomic E-state index is 10.0. The van der Waals surface area contributed by atoms with Gasteiger partial charge in [0.25, 0.3) is 0 Å². The Hall–Kier alpha value is 1.64. The molecule has 0 unspecified atom stereocenters. The molecule has 0 spiro atoms. The number of carbonyl (C=O) groups excluding carboxylic acids is 2. The minimum atomic E-state index is -2.22. The van der Waals surface area contributed by atoms with Gasteiger partial charge in [-0.25, -0.2) is 0 Å². The molecule has 0 bridgehead atoms. The van der Waals surface area contributed by atoms with Gasteiger partial charge in [-0.05, 0) is 0 Å². The Labute approximate surface area is 170 Å². The summed E-state index contributed by atoms with van der Waals surface area (Å²) >= 11 is 0. The van der Waals surface area contributed by atoms with Gasteiger partial charge in [0, 0.05) is 0 Å². The van der Waals surface area contributed by atoms with Gasteiger partial charge in [0.1, 0.15) is 6.10 Å². The number of hydrogen-bond acceptors (Lipinski definition) is 6. The molecule has 0 rings (SSSR count). The van der Waals surface area contributed by atoms with Gasteiger partial charge >= 0.3 is 109 Å². The molecule has 0 aliphatic heterocycles. The maximum Gasteiger partial charge on any atom is 1.00 e. The molecule has 0 fully saturated rings. The molecule has 9 heteroatoms. The zero-order valence-electron chi connectivity index (χ0n) is 8.39. The molecule has 0 aliphatic rings. The number of carboxylic acids is 3. The third kappa shape index (κ3) is 11.9. The fourth-order valence-electron chi connectivity index (χ4n) is 0.496. The van der Waals surface area contributed by atoms with Crippen molar-refractivity contribution in [3.63, 3.8) is 0 Å². The van der Waals surface area contributed by atoms with Crippen molar-refractivity contribution in [1.29, 1.82) is 0 Å². The summed E-state index contributed by atoms with van der Waals surface area (Å²) in [6, 6.07) is 0. The molecule has 0 saturated carbocycles. The molecule has 7 nitrogen and oxygen atoms in total. The number of carboxylic acid groups (broad SMARTS) is 3. The third-order valence-electron chi connectivity index (χ3n) is 1.03. The van der Waals surface area contributed by atoms with E-state index in [0.29, 0.717) is 0 Å². The van der Waals surface area contributed by atoms with Crippen LogP contribution in [0.15, 0.2) is 0 Å². The SMILES string of the molecule is O=C(O)CCOC(C(=O)[O-])C(=O)[O-].[K+].[K+]. The Bertz CT molecular complexity index is 216. The summed E-state index contributed by atoms with van der Waals surface area (Å²) in [6.07, 6.45) is -2.71. The molecule has 0 aromatic rings. The Morgan fingerprint density at radius 1 is 1.13 bits per heavy atom. The third-order valence-corrected chi connectivity index (χ3v) is 1.03. The van der Waals surface area contributed by atoms with Crippen molar-refractivity contribution in [2.75, 3.05) is 6.61 Å². The van der Waals surface area contributed by atoms with Crippen LogP contribution in [-0.2, 0) is 19.1 Å². The van der Waals surface area contributed by atoms with Crippen LogP contribution in [0.2, 0.25) is 0 Å². The number of rotatable bonds is 6. The molecule has 0 radical (unpaired) electrons. The molecule has 15 heavy (non-hydrogen) atoms. The fraction of sp³-hybridized carbons (Fsp3) is 0.500. The van der Waals surface area contributed by atoms with E-state index in [1.807, 2.05) is 0 Å². The zero-order valence-corrected chi connectivity index (χ0v) is 14.6. The molecular weight excluding hydrogens is 262 g/mol. The first-order valence-corrected chi connectivity index (χ1v) is 3.20. The van der Waals surface area contributed by atoms with E-state index in [0.717, 1.165) is 0 Å². The average molecular weight is 268 g/mol. The monoisotopic (exact) mass is 268 g/mol. The molecule has 0 heterocycles. The molecule has 74 valence electrons. The van der Waals surface area contributed by atoms with E-state index in [1.54, 1.807) is 0 Å². The molecular formula is C6H6K2O7.